The lowest BCUT2D eigenvalue weighted by Gasteiger charge is -2.33. The lowest BCUT2D eigenvalue weighted by atomic mass is 9.95. The number of fused-ring (bicyclic) bond motifs is 1. The number of halogens is 1. The van der Waals surface area contributed by atoms with Gasteiger partial charge in [0.15, 0.2) is 5.84 Å². The number of sulfonamides is 1. The average molecular weight is 413 g/mol. The van der Waals surface area contributed by atoms with E-state index in [0.717, 1.165) is 25.9 Å². The van der Waals surface area contributed by atoms with Gasteiger partial charge in [0.25, 0.3) is 10.0 Å². The first-order chi connectivity index (χ1) is 12.5. The normalized spacial score (nSPS) is 28.9. The Hall–Kier alpha value is -1.64. The minimum atomic E-state index is -3.67. The lowest BCUT2D eigenvalue weighted by molar-refractivity contribution is -0.125. The molecular formula is C18H25ClN4O3S. The van der Waals surface area contributed by atoms with Gasteiger partial charge in [-0.25, -0.2) is 0 Å². The van der Waals surface area contributed by atoms with Gasteiger partial charge in [0.05, 0.1) is 0 Å². The van der Waals surface area contributed by atoms with E-state index in [1.165, 1.54) is 0 Å². The minimum absolute atomic E-state index is 0. The molecule has 9 heteroatoms. The van der Waals surface area contributed by atoms with Gasteiger partial charge in [0.1, 0.15) is 10.9 Å². The molecule has 2 fully saturated rings. The van der Waals surface area contributed by atoms with E-state index in [1.54, 1.807) is 24.3 Å². The molecule has 3 unspecified atom stereocenters. The zero-order chi connectivity index (χ0) is 18.3. The molecule has 2 N–H and O–H groups in total. The molecule has 3 atom stereocenters. The molecule has 0 radical (unpaired) electrons. The molecule has 2 saturated heterocycles. The van der Waals surface area contributed by atoms with Crippen LogP contribution >= 0.6 is 12.4 Å². The highest BCUT2D eigenvalue weighted by Gasteiger charge is 2.39. The molecule has 3 aliphatic heterocycles. The summed E-state index contributed by atoms with van der Waals surface area (Å²) in [5.41, 5.74) is 0.599. The molecule has 1 aromatic rings. The Bertz CT molecular complexity index is 858. The number of likely N-dealkylation sites (tertiary alicyclic amines) is 1. The van der Waals surface area contributed by atoms with Crippen molar-refractivity contribution >= 4 is 34.2 Å². The van der Waals surface area contributed by atoms with E-state index >= 15 is 0 Å². The van der Waals surface area contributed by atoms with E-state index in [0.29, 0.717) is 30.3 Å². The first-order valence-corrected chi connectivity index (χ1v) is 10.6. The van der Waals surface area contributed by atoms with Crippen LogP contribution in [0.5, 0.6) is 0 Å². The molecule has 0 aromatic heterocycles. The van der Waals surface area contributed by atoms with E-state index in [2.05, 4.69) is 22.0 Å². The number of benzene rings is 1. The molecule has 148 valence electrons. The second-order valence-electron chi connectivity index (χ2n) is 7.32. The van der Waals surface area contributed by atoms with Gasteiger partial charge in [0, 0.05) is 18.2 Å². The standard InChI is InChI=1S/C18H24N4O3S.ClH/c1-12-11-19-9-8-14(12)20-18(23)15-6-4-10-22(15)17-13-5-2-3-7-16(13)26(24,25)21-17;/h2-3,5,7,12,14-15,19H,4,6,8-11H2,1H3,(H,20,23);1H. The fraction of sp³-hybridized carbons (Fsp3) is 0.556. The predicted octanol–water partition coefficient (Wildman–Crippen LogP) is 1.14. The molecular weight excluding hydrogens is 388 g/mol. The topological polar surface area (TPSA) is 90.9 Å². The maximum atomic E-state index is 12.9. The van der Waals surface area contributed by atoms with Crippen LogP contribution in [0, 0.1) is 5.92 Å². The Labute approximate surface area is 166 Å². The van der Waals surface area contributed by atoms with E-state index in [-0.39, 0.29) is 35.3 Å². The number of nitrogens with zero attached hydrogens (tertiary/aromatic N) is 2. The van der Waals surface area contributed by atoms with Crippen LogP contribution in [0.25, 0.3) is 0 Å². The van der Waals surface area contributed by atoms with Crippen LogP contribution in [-0.4, -0.2) is 56.8 Å². The molecule has 7 nitrogen and oxygen atoms in total. The summed E-state index contributed by atoms with van der Waals surface area (Å²) in [5, 5.41) is 6.52. The zero-order valence-electron chi connectivity index (χ0n) is 15.2. The fourth-order valence-corrected chi connectivity index (χ4v) is 5.31. The summed E-state index contributed by atoms with van der Waals surface area (Å²) in [5.74, 6) is 0.773. The van der Waals surface area contributed by atoms with E-state index in [1.807, 2.05) is 4.90 Å². The summed E-state index contributed by atoms with van der Waals surface area (Å²) in [6.07, 6.45) is 2.48. The number of carbonyl (C=O) groups excluding carboxylic acids is 1. The van der Waals surface area contributed by atoms with Gasteiger partial charge in [-0.15, -0.1) is 16.8 Å². The van der Waals surface area contributed by atoms with E-state index in [4.69, 9.17) is 0 Å². The van der Waals surface area contributed by atoms with Crippen LogP contribution in [0.3, 0.4) is 0 Å². The quantitative estimate of drug-likeness (QED) is 0.760. The highest BCUT2D eigenvalue weighted by atomic mass is 35.5. The van der Waals surface area contributed by atoms with Crippen LogP contribution in [0.2, 0.25) is 0 Å². The van der Waals surface area contributed by atoms with Crippen molar-refractivity contribution in [3.05, 3.63) is 29.8 Å². The van der Waals surface area contributed by atoms with Gasteiger partial charge < -0.3 is 15.5 Å². The number of hydrogen-bond acceptors (Lipinski definition) is 5. The molecule has 1 aromatic carbocycles. The number of carbonyl (C=O) groups is 1. The number of amidine groups is 1. The highest BCUT2D eigenvalue weighted by Crippen LogP contribution is 2.31. The summed E-state index contributed by atoms with van der Waals surface area (Å²) in [7, 11) is -3.67. The number of nitrogens with one attached hydrogen (secondary N) is 2. The Balaban J connectivity index is 0.00000210. The van der Waals surface area contributed by atoms with Gasteiger partial charge in [-0.3, -0.25) is 4.79 Å². The minimum Gasteiger partial charge on any atom is -0.351 e. The van der Waals surface area contributed by atoms with Gasteiger partial charge in [-0.1, -0.05) is 19.1 Å². The van der Waals surface area contributed by atoms with Gasteiger partial charge in [-0.2, -0.15) is 8.42 Å². The average Bonchev–Trinajstić information content (AvgIpc) is 3.20. The number of amides is 1. The molecule has 0 saturated carbocycles. The van der Waals surface area contributed by atoms with Crippen molar-refractivity contribution in [1.29, 1.82) is 0 Å². The molecule has 0 bridgehead atoms. The third-order valence-corrected chi connectivity index (χ3v) is 6.88. The lowest BCUT2D eigenvalue weighted by Crippen LogP contribution is -2.53. The number of piperidine rings is 1. The third kappa shape index (κ3) is 3.70. The van der Waals surface area contributed by atoms with E-state index < -0.39 is 10.0 Å². The molecule has 1 amide bonds. The molecule has 3 aliphatic rings. The molecule has 3 heterocycles. The SMILES string of the molecule is CC1CNCCC1NC(=O)C1CCCN1C1=NS(=O)(=O)c2ccccc21.Cl. The highest BCUT2D eigenvalue weighted by molar-refractivity contribution is 7.90. The van der Waals surface area contributed by atoms with Crippen molar-refractivity contribution in [3.8, 4) is 0 Å². The first-order valence-electron chi connectivity index (χ1n) is 9.19. The van der Waals surface area contributed by atoms with Crippen LogP contribution in [0.4, 0.5) is 0 Å². The first kappa shape index (κ1) is 20.1. The largest absolute Gasteiger partial charge is 0.351 e. The van der Waals surface area contributed by atoms with Crippen molar-refractivity contribution < 1.29 is 13.2 Å². The molecule has 0 aliphatic carbocycles. The Morgan fingerprint density at radius 1 is 1.30 bits per heavy atom. The van der Waals surface area contributed by atoms with Gasteiger partial charge in [-0.05, 0) is 50.4 Å². The Morgan fingerprint density at radius 2 is 2.07 bits per heavy atom. The smallest absolute Gasteiger partial charge is 0.285 e. The summed E-state index contributed by atoms with van der Waals surface area (Å²) in [6, 6.07) is 6.63. The Morgan fingerprint density at radius 3 is 2.85 bits per heavy atom. The van der Waals surface area contributed by atoms with Gasteiger partial charge >= 0.3 is 0 Å². The maximum Gasteiger partial charge on any atom is 0.285 e. The molecule has 4 rings (SSSR count). The van der Waals surface area contributed by atoms with Crippen molar-refractivity contribution in [2.75, 3.05) is 19.6 Å². The fourth-order valence-electron chi connectivity index (χ4n) is 4.10. The van der Waals surface area contributed by atoms with E-state index in [9.17, 15) is 13.2 Å². The summed E-state index contributed by atoms with van der Waals surface area (Å²) in [6.45, 7) is 4.58. The summed E-state index contributed by atoms with van der Waals surface area (Å²) >= 11 is 0. The van der Waals surface area contributed by atoms with Crippen molar-refractivity contribution in [1.82, 2.24) is 15.5 Å². The third-order valence-electron chi connectivity index (χ3n) is 5.55. The van der Waals surface area contributed by atoms with Crippen LogP contribution in [0.1, 0.15) is 31.7 Å². The Kier molecular flexibility index (Phi) is 5.79. The maximum absolute atomic E-state index is 12.9. The van der Waals surface area contributed by atoms with Crippen LogP contribution in [-0.2, 0) is 14.8 Å². The summed E-state index contributed by atoms with van der Waals surface area (Å²) < 4.78 is 28.7. The second kappa shape index (κ2) is 7.77. The summed E-state index contributed by atoms with van der Waals surface area (Å²) in [4.78, 5) is 15.0. The number of rotatable bonds is 2. The molecule has 0 spiro atoms. The second-order valence-corrected chi connectivity index (χ2v) is 8.90. The van der Waals surface area contributed by atoms with Crippen LogP contribution < -0.4 is 10.6 Å². The number of hydrogen-bond donors (Lipinski definition) is 2. The molecule has 27 heavy (non-hydrogen) atoms. The predicted molar refractivity (Wildman–Crippen MR) is 106 cm³/mol. The van der Waals surface area contributed by atoms with Crippen molar-refractivity contribution in [3.63, 3.8) is 0 Å². The van der Waals surface area contributed by atoms with Crippen LogP contribution in [0.15, 0.2) is 33.6 Å². The monoisotopic (exact) mass is 412 g/mol. The zero-order valence-corrected chi connectivity index (χ0v) is 16.9. The van der Waals surface area contributed by atoms with Crippen molar-refractivity contribution in [2.45, 2.75) is 43.2 Å². The van der Waals surface area contributed by atoms with Crippen molar-refractivity contribution in [2.24, 2.45) is 10.3 Å². The van der Waals surface area contributed by atoms with Gasteiger partial charge in [0.2, 0.25) is 5.91 Å².